The van der Waals surface area contributed by atoms with Gasteiger partial charge in [-0.15, -0.1) is 0 Å². The van der Waals surface area contributed by atoms with E-state index in [1.807, 2.05) is 0 Å². The molecule has 0 radical (unpaired) electrons. The summed E-state index contributed by atoms with van der Waals surface area (Å²) in [7, 11) is 0. The highest BCUT2D eigenvalue weighted by molar-refractivity contribution is 9.11. The van der Waals surface area contributed by atoms with Gasteiger partial charge < -0.3 is 10.2 Å². The molecular formula is C11H15BrN2O2. The minimum Gasteiger partial charge on any atom is -0.340 e. The maximum Gasteiger partial charge on any atom is 0.249 e. The average molecular weight is 287 g/mol. The summed E-state index contributed by atoms with van der Waals surface area (Å²) in [6.07, 6.45) is 3.55. The van der Waals surface area contributed by atoms with E-state index in [-0.39, 0.29) is 18.4 Å². The molecule has 4 nitrogen and oxygen atoms in total. The zero-order valence-corrected chi connectivity index (χ0v) is 10.7. The van der Waals surface area contributed by atoms with Crippen molar-refractivity contribution in [1.29, 1.82) is 0 Å². The number of hydrogen-bond donors (Lipinski definition) is 1. The SMILES string of the molecule is C=C(Br)CN1CC(=O)NC2(CCCC2)C1=O. The van der Waals surface area contributed by atoms with Gasteiger partial charge >= 0.3 is 0 Å². The van der Waals surface area contributed by atoms with Crippen molar-refractivity contribution in [2.45, 2.75) is 31.2 Å². The van der Waals surface area contributed by atoms with Crippen LogP contribution in [0.25, 0.3) is 0 Å². The van der Waals surface area contributed by atoms with E-state index in [2.05, 4.69) is 27.8 Å². The van der Waals surface area contributed by atoms with Crippen molar-refractivity contribution in [2.75, 3.05) is 13.1 Å². The number of rotatable bonds is 2. The molecule has 1 aliphatic heterocycles. The van der Waals surface area contributed by atoms with Gasteiger partial charge in [0.05, 0.1) is 13.1 Å². The number of nitrogens with zero attached hydrogens (tertiary/aromatic N) is 1. The molecule has 88 valence electrons. The van der Waals surface area contributed by atoms with Gasteiger partial charge in [0.15, 0.2) is 0 Å². The van der Waals surface area contributed by atoms with Crippen LogP contribution in [0.4, 0.5) is 0 Å². The molecule has 0 aromatic carbocycles. The molecule has 0 aromatic rings. The van der Waals surface area contributed by atoms with E-state index >= 15 is 0 Å². The van der Waals surface area contributed by atoms with Crippen LogP contribution in [-0.2, 0) is 9.59 Å². The molecule has 5 heteroatoms. The summed E-state index contributed by atoms with van der Waals surface area (Å²) in [6, 6.07) is 0. The van der Waals surface area contributed by atoms with Crippen LogP contribution in [0.5, 0.6) is 0 Å². The molecule has 2 amide bonds. The molecule has 0 atom stereocenters. The zero-order chi connectivity index (χ0) is 11.8. The zero-order valence-electron chi connectivity index (χ0n) is 9.09. The molecule has 1 aliphatic carbocycles. The number of halogens is 1. The lowest BCUT2D eigenvalue weighted by molar-refractivity contribution is -0.149. The van der Waals surface area contributed by atoms with Gasteiger partial charge in [-0.2, -0.15) is 0 Å². The van der Waals surface area contributed by atoms with Crippen LogP contribution in [0.1, 0.15) is 25.7 Å². The van der Waals surface area contributed by atoms with Crippen molar-refractivity contribution in [1.82, 2.24) is 10.2 Å². The quantitative estimate of drug-likeness (QED) is 0.828. The number of piperazine rings is 1. The second kappa shape index (κ2) is 4.20. The Morgan fingerprint density at radius 2 is 2.06 bits per heavy atom. The fourth-order valence-corrected chi connectivity index (χ4v) is 2.86. The largest absolute Gasteiger partial charge is 0.340 e. The average Bonchev–Trinajstić information content (AvgIpc) is 2.62. The van der Waals surface area contributed by atoms with Crippen LogP contribution in [0, 0.1) is 0 Å². The molecule has 0 aromatic heterocycles. The van der Waals surface area contributed by atoms with E-state index in [1.165, 1.54) is 0 Å². The highest BCUT2D eigenvalue weighted by Gasteiger charge is 2.48. The molecule has 2 fully saturated rings. The molecular weight excluding hydrogens is 272 g/mol. The first-order chi connectivity index (χ1) is 7.53. The predicted octanol–water partition coefficient (Wildman–Crippen LogP) is 1.17. The summed E-state index contributed by atoms with van der Waals surface area (Å²) < 4.78 is 0.726. The monoisotopic (exact) mass is 286 g/mol. The number of carbonyl (C=O) groups is 2. The standard InChI is InChI=1S/C11H15BrN2O2/c1-8(12)6-14-7-9(15)13-11(10(14)16)4-2-3-5-11/h1-7H2,(H,13,15). The van der Waals surface area contributed by atoms with Gasteiger partial charge in [-0.1, -0.05) is 35.4 Å². The maximum absolute atomic E-state index is 12.3. The van der Waals surface area contributed by atoms with Gasteiger partial charge in [0.2, 0.25) is 11.8 Å². The lowest BCUT2D eigenvalue weighted by Crippen LogP contribution is -2.65. The van der Waals surface area contributed by atoms with Gasteiger partial charge in [0.1, 0.15) is 5.54 Å². The first kappa shape index (κ1) is 11.6. The summed E-state index contributed by atoms with van der Waals surface area (Å²) >= 11 is 3.23. The second-order valence-corrected chi connectivity index (χ2v) is 5.64. The van der Waals surface area contributed by atoms with Crippen LogP contribution in [0.3, 0.4) is 0 Å². The van der Waals surface area contributed by atoms with Crippen molar-refractivity contribution in [3.8, 4) is 0 Å². The molecule has 2 aliphatic rings. The first-order valence-corrected chi connectivity index (χ1v) is 6.26. The van der Waals surface area contributed by atoms with E-state index in [0.29, 0.717) is 6.54 Å². The van der Waals surface area contributed by atoms with Crippen molar-refractivity contribution in [2.24, 2.45) is 0 Å². The maximum atomic E-state index is 12.3. The smallest absolute Gasteiger partial charge is 0.249 e. The van der Waals surface area contributed by atoms with Crippen molar-refractivity contribution < 1.29 is 9.59 Å². The lowest BCUT2D eigenvalue weighted by atomic mass is 9.93. The Labute approximate surface area is 103 Å². The van der Waals surface area contributed by atoms with Crippen LogP contribution >= 0.6 is 15.9 Å². The van der Waals surface area contributed by atoms with Crippen molar-refractivity contribution in [3.05, 3.63) is 11.1 Å². The number of amides is 2. The van der Waals surface area contributed by atoms with Crippen LogP contribution in [0.2, 0.25) is 0 Å². The summed E-state index contributed by atoms with van der Waals surface area (Å²) in [5.41, 5.74) is -0.613. The second-order valence-electron chi connectivity index (χ2n) is 4.52. The fraction of sp³-hybridized carbons (Fsp3) is 0.636. The Balaban J connectivity index is 2.19. The Morgan fingerprint density at radius 1 is 1.44 bits per heavy atom. The highest BCUT2D eigenvalue weighted by Crippen LogP contribution is 2.33. The highest BCUT2D eigenvalue weighted by atomic mass is 79.9. The molecule has 16 heavy (non-hydrogen) atoms. The van der Waals surface area contributed by atoms with E-state index in [9.17, 15) is 9.59 Å². The summed E-state index contributed by atoms with van der Waals surface area (Å²) in [5.74, 6) is -0.0135. The van der Waals surface area contributed by atoms with E-state index < -0.39 is 5.54 Å². The molecule has 0 bridgehead atoms. The van der Waals surface area contributed by atoms with Crippen LogP contribution in [0.15, 0.2) is 11.1 Å². The molecule has 1 saturated heterocycles. The van der Waals surface area contributed by atoms with E-state index in [0.717, 1.165) is 30.2 Å². The van der Waals surface area contributed by atoms with Gasteiger partial charge in [0, 0.05) is 4.48 Å². The third-order valence-electron chi connectivity index (χ3n) is 3.23. The number of nitrogens with one attached hydrogen (secondary N) is 1. The Kier molecular flexibility index (Phi) is 3.06. The summed E-state index contributed by atoms with van der Waals surface area (Å²) in [6.45, 7) is 4.27. The molecule has 1 N–H and O–H groups in total. The Hall–Kier alpha value is -0.840. The predicted molar refractivity (Wildman–Crippen MR) is 64.0 cm³/mol. The van der Waals surface area contributed by atoms with Gasteiger partial charge in [-0.3, -0.25) is 9.59 Å². The van der Waals surface area contributed by atoms with Gasteiger partial charge in [0.25, 0.3) is 0 Å². The Bertz CT molecular complexity index is 346. The van der Waals surface area contributed by atoms with Crippen LogP contribution < -0.4 is 5.32 Å². The van der Waals surface area contributed by atoms with Crippen molar-refractivity contribution in [3.63, 3.8) is 0 Å². The van der Waals surface area contributed by atoms with Gasteiger partial charge in [-0.05, 0) is 12.8 Å². The summed E-state index contributed by atoms with van der Waals surface area (Å²) in [4.78, 5) is 25.5. The molecule has 0 unspecified atom stereocenters. The van der Waals surface area contributed by atoms with Gasteiger partial charge in [-0.25, -0.2) is 0 Å². The topological polar surface area (TPSA) is 49.4 Å². The summed E-state index contributed by atoms with van der Waals surface area (Å²) in [5, 5.41) is 2.87. The molecule has 2 rings (SSSR count). The van der Waals surface area contributed by atoms with Crippen molar-refractivity contribution >= 4 is 27.7 Å². The first-order valence-electron chi connectivity index (χ1n) is 5.47. The lowest BCUT2D eigenvalue weighted by Gasteiger charge is -2.39. The van der Waals surface area contributed by atoms with Crippen LogP contribution in [-0.4, -0.2) is 35.3 Å². The normalized spacial score (nSPS) is 23.7. The van der Waals surface area contributed by atoms with E-state index in [4.69, 9.17) is 0 Å². The molecule has 1 spiro atoms. The molecule has 1 saturated carbocycles. The number of hydrogen-bond acceptors (Lipinski definition) is 2. The molecule has 1 heterocycles. The third-order valence-corrected chi connectivity index (χ3v) is 3.48. The Morgan fingerprint density at radius 3 is 2.62 bits per heavy atom. The third kappa shape index (κ3) is 2.00. The van der Waals surface area contributed by atoms with E-state index in [1.54, 1.807) is 4.90 Å². The fourth-order valence-electron chi connectivity index (χ4n) is 2.56. The minimum atomic E-state index is -0.613. The minimum absolute atomic E-state index is 0.0465. The number of carbonyl (C=O) groups excluding carboxylic acids is 2.